The van der Waals surface area contributed by atoms with Crippen LogP contribution in [0.15, 0.2) is 23.1 Å². The quantitative estimate of drug-likeness (QED) is 0.107. The van der Waals surface area contributed by atoms with E-state index in [-0.39, 0.29) is 8.47 Å². The highest BCUT2D eigenvalue weighted by atomic mass is 127. The Labute approximate surface area is 195 Å². The molecular weight excluding hydrogens is 511 g/mol. The Morgan fingerprint density at radius 2 is 1.17 bits per heavy atom. The molecule has 1 N–H and O–H groups in total. The molecular formula is C24H41IO4S. The molecule has 0 heterocycles. The van der Waals surface area contributed by atoms with E-state index in [2.05, 4.69) is 6.92 Å². The second kappa shape index (κ2) is 17.2. The topological polar surface area (TPSA) is 71.4 Å². The van der Waals surface area contributed by atoms with Crippen molar-refractivity contribution in [2.75, 3.05) is 0 Å². The highest BCUT2D eigenvalue weighted by Crippen LogP contribution is 2.23. The van der Waals surface area contributed by atoms with Crippen molar-refractivity contribution in [3.63, 3.8) is 0 Å². The Hall–Kier alpha value is -0.340. The van der Waals surface area contributed by atoms with Gasteiger partial charge in [0.1, 0.15) is 4.90 Å². The van der Waals surface area contributed by atoms with Crippen LogP contribution in [0, 0.1) is 3.57 Å². The van der Waals surface area contributed by atoms with Crippen molar-refractivity contribution in [1.82, 2.24) is 0 Å². The van der Waals surface area contributed by atoms with E-state index < -0.39 is 31.3 Å². The fraction of sp³-hybridized carbons (Fsp3) is 0.750. The lowest BCUT2D eigenvalue weighted by Gasteiger charge is -2.06. The highest BCUT2D eigenvalue weighted by molar-refractivity contribution is 14.1. The minimum atomic E-state index is -4.30. The molecule has 0 saturated carbocycles. The third kappa shape index (κ3) is 13.2. The van der Waals surface area contributed by atoms with Crippen molar-refractivity contribution in [1.29, 1.82) is 0 Å². The third-order valence-electron chi connectivity index (χ3n) is 5.68. The maximum atomic E-state index is 11.4. The largest absolute Gasteiger partial charge is 0.295 e. The van der Waals surface area contributed by atoms with Crippen LogP contribution in [0.3, 0.4) is 0 Å². The van der Waals surface area contributed by atoms with E-state index in [1.54, 1.807) is 6.07 Å². The van der Waals surface area contributed by atoms with Gasteiger partial charge in [-0.3, -0.25) is 7.62 Å². The molecule has 0 amide bonds. The van der Waals surface area contributed by atoms with Crippen molar-refractivity contribution in [3.05, 3.63) is 27.3 Å². The normalized spacial score (nSPS) is 11.8. The third-order valence-corrected chi connectivity index (χ3v) is 8.35. The molecule has 174 valence electrons. The van der Waals surface area contributed by atoms with E-state index in [0.29, 0.717) is 0 Å². The van der Waals surface area contributed by atoms with Crippen LogP contribution < -0.4 is 0 Å². The van der Waals surface area contributed by atoms with Crippen molar-refractivity contribution in [2.45, 2.75) is 121 Å². The summed E-state index contributed by atoms with van der Waals surface area (Å²) in [5.74, 6) is 0. The second-order valence-corrected chi connectivity index (χ2v) is 11.4. The molecule has 30 heavy (non-hydrogen) atoms. The van der Waals surface area contributed by atoms with Gasteiger partial charge in [-0.25, -0.2) is 0 Å². The van der Waals surface area contributed by atoms with Crippen LogP contribution in [0.4, 0.5) is 0 Å². The molecule has 1 rings (SSSR count). The number of hydrogen-bond acceptors (Lipinski definition) is 3. The molecule has 0 aromatic heterocycles. The number of benzene rings is 1. The average molecular weight is 553 g/mol. The van der Waals surface area contributed by atoms with Gasteiger partial charge in [0.2, 0.25) is 0 Å². The van der Waals surface area contributed by atoms with Crippen molar-refractivity contribution < 1.29 is 16.0 Å². The number of rotatable bonds is 19. The molecule has 0 aliphatic carbocycles. The molecule has 0 radical (unpaired) electrons. The summed E-state index contributed by atoms with van der Waals surface area (Å²) < 4.78 is 43.5. The van der Waals surface area contributed by atoms with E-state index in [1.165, 1.54) is 96.0 Å². The Balaban J connectivity index is 2.00. The molecule has 0 aliphatic heterocycles. The van der Waals surface area contributed by atoms with Crippen LogP contribution in [0.25, 0.3) is 0 Å². The van der Waals surface area contributed by atoms with Crippen molar-refractivity contribution >= 4 is 31.3 Å². The SMILES string of the molecule is CCCCCCCCCCCCCCCCCCc1ccc(I=O)c(S(=O)(=O)O)c1. The van der Waals surface area contributed by atoms with Crippen LogP contribution in [-0.4, -0.2) is 13.0 Å². The van der Waals surface area contributed by atoms with Gasteiger partial charge in [-0.05, 0) is 30.5 Å². The van der Waals surface area contributed by atoms with Gasteiger partial charge in [0, 0.05) is 0 Å². The maximum absolute atomic E-state index is 11.4. The Morgan fingerprint density at radius 3 is 1.57 bits per heavy atom. The molecule has 0 fully saturated rings. The first kappa shape index (κ1) is 27.7. The summed E-state index contributed by atoms with van der Waals surface area (Å²) in [7, 11) is -4.30. The van der Waals surface area contributed by atoms with Crippen LogP contribution in [0.1, 0.15) is 115 Å². The van der Waals surface area contributed by atoms with Gasteiger partial charge >= 0.3 is 0 Å². The number of halogens is 1. The van der Waals surface area contributed by atoms with Gasteiger partial charge in [0.05, 0.1) is 3.57 Å². The molecule has 0 aliphatic rings. The summed E-state index contributed by atoms with van der Waals surface area (Å²) in [6, 6.07) is 4.88. The zero-order valence-corrected chi connectivity index (χ0v) is 21.7. The first-order valence-corrected chi connectivity index (χ1v) is 15.3. The fourth-order valence-electron chi connectivity index (χ4n) is 3.84. The molecule has 0 saturated heterocycles. The van der Waals surface area contributed by atoms with Gasteiger partial charge in [0.25, 0.3) is 10.1 Å². The smallest absolute Gasteiger partial charge is 0.282 e. The standard InChI is InChI=1S/C24H41IO4S/c1-2-3-4-5-6-7-8-9-10-11-12-13-14-15-16-17-18-22-19-20-23(25-26)24(21-22)30(27,28)29/h19-21H,2-18H2,1H3,(H,27,28,29). The van der Waals surface area contributed by atoms with E-state index >= 15 is 0 Å². The molecule has 0 atom stereocenters. The molecule has 6 heteroatoms. The minimum Gasteiger partial charge on any atom is -0.282 e. The predicted octanol–water partition coefficient (Wildman–Crippen LogP) is 8.22. The number of aryl methyl sites for hydroxylation is 1. The molecule has 1 aromatic rings. The molecule has 0 bridgehead atoms. The Kier molecular flexibility index (Phi) is 15.9. The monoisotopic (exact) mass is 552 g/mol. The van der Waals surface area contributed by atoms with Gasteiger partial charge in [-0.1, -0.05) is 109 Å². The summed E-state index contributed by atoms with van der Waals surface area (Å²) in [5, 5.41) is 0. The van der Waals surface area contributed by atoms with Crippen LogP contribution in [0.5, 0.6) is 0 Å². The van der Waals surface area contributed by atoms with Gasteiger partial charge in [0.15, 0.2) is 21.2 Å². The molecule has 1 aromatic carbocycles. The molecule has 0 spiro atoms. The van der Waals surface area contributed by atoms with Crippen molar-refractivity contribution in [2.24, 2.45) is 0 Å². The highest BCUT2D eigenvalue weighted by Gasteiger charge is 2.16. The maximum Gasteiger partial charge on any atom is 0.295 e. The lowest BCUT2D eigenvalue weighted by Crippen LogP contribution is -2.02. The van der Waals surface area contributed by atoms with E-state index in [1.807, 2.05) is 6.07 Å². The van der Waals surface area contributed by atoms with Crippen LogP contribution >= 0.6 is 21.2 Å². The Morgan fingerprint density at radius 1 is 0.733 bits per heavy atom. The lowest BCUT2D eigenvalue weighted by atomic mass is 10.0. The first-order valence-electron chi connectivity index (χ1n) is 11.9. The summed E-state index contributed by atoms with van der Waals surface area (Å²) in [6.45, 7) is 2.27. The van der Waals surface area contributed by atoms with Gasteiger partial charge in [-0.2, -0.15) is 8.42 Å². The first-order chi connectivity index (χ1) is 14.5. The minimum absolute atomic E-state index is 0.181. The second-order valence-electron chi connectivity index (χ2n) is 8.37. The zero-order valence-electron chi connectivity index (χ0n) is 18.7. The van der Waals surface area contributed by atoms with Crippen LogP contribution in [-0.2, 0) is 19.6 Å². The summed E-state index contributed by atoms with van der Waals surface area (Å²) >= 11 is -1.62. The fourth-order valence-corrected chi connectivity index (χ4v) is 6.20. The number of hydrogen-bond donors (Lipinski definition) is 1. The lowest BCUT2D eigenvalue weighted by molar-refractivity contribution is 0.482. The summed E-state index contributed by atoms with van der Waals surface area (Å²) in [5.41, 5.74) is 0.884. The zero-order chi connectivity index (χ0) is 22.1. The van der Waals surface area contributed by atoms with Gasteiger partial charge in [-0.15, -0.1) is 0 Å². The van der Waals surface area contributed by atoms with E-state index in [4.69, 9.17) is 0 Å². The molecule has 4 nitrogen and oxygen atoms in total. The van der Waals surface area contributed by atoms with E-state index in [0.717, 1.165) is 24.8 Å². The number of unbranched alkanes of at least 4 members (excludes halogenated alkanes) is 15. The molecule has 0 unspecified atom stereocenters. The summed E-state index contributed by atoms with van der Waals surface area (Å²) in [4.78, 5) is -0.181. The van der Waals surface area contributed by atoms with Gasteiger partial charge < -0.3 is 0 Å². The average Bonchev–Trinajstić information content (AvgIpc) is 2.72. The van der Waals surface area contributed by atoms with E-state index in [9.17, 15) is 16.0 Å². The summed E-state index contributed by atoms with van der Waals surface area (Å²) in [6.07, 6.45) is 22.0. The van der Waals surface area contributed by atoms with Crippen LogP contribution in [0.2, 0.25) is 0 Å². The van der Waals surface area contributed by atoms with Crippen molar-refractivity contribution in [3.8, 4) is 0 Å². The Bertz CT molecular complexity index is 688. The predicted molar refractivity (Wildman–Crippen MR) is 133 cm³/mol.